The number of thiophene rings is 1. The van der Waals surface area contributed by atoms with Crippen molar-refractivity contribution in [3.8, 4) is 0 Å². The van der Waals surface area contributed by atoms with Gasteiger partial charge in [-0.15, -0.1) is 11.3 Å². The van der Waals surface area contributed by atoms with Crippen LogP contribution in [-0.2, 0) is 26.4 Å². The Labute approximate surface area is 135 Å². The summed E-state index contributed by atoms with van der Waals surface area (Å²) >= 11 is 1.46. The molecule has 0 aliphatic rings. The molecular formula is C14H17NO4S3. The van der Waals surface area contributed by atoms with E-state index in [1.807, 2.05) is 17.5 Å². The predicted octanol–water partition coefficient (Wildman–Crippen LogP) is 2.36. The smallest absolute Gasteiger partial charge is 0.224 e. The Kier molecular flexibility index (Phi) is 5.06. The number of hydrogen-bond donors (Lipinski definition) is 0. The third-order valence-electron chi connectivity index (χ3n) is 3.13. The van der Waals surface area contributed by atoms with Crippen LogP contribution in [0.2, 0.25) is 0 Å². The van der Waals surface area contributed by atoms with Gasteiger partial charge in [-0.2, -0.15) is 4.31 Å². The topological polar surface area (TPSA) is 71.5 Å². The van der Waals surface area contributed by atoms with E-state index in [-0.39, 0.29) is 22.9 Å². The molecule has 0 saturated heterocycles. The quantitative estimate of drug-likeness (QED) is 0.794. The molecule has 1 heterocycles. The van der Waals surface area contributed by atoms with Gasteiger partial charge in [-0.05, 0) is 23.6 Å². The fourth-order valence-corrected chi connectivity index (χ4v) is 5.88. The van der Waals surface area contributed by atoms with Crippen LogP contribution >= 0.6 is 11.3 Å². The molecule has 0 amide bonds. The van der Waals surface area contributed by atoms with Crippen molar-refractivity contribution >= 4 is 31.2 Å². The first-order chi connectivity index (χ1) is 10.3. The van der Waals surface area contributed by atoms with Crippen LogP contribution in [0.5, 0.6) is 0 Å². The Hall–Kier alpha value is -1.22. The molecule has 0 spiro atoms. The standard InChI is InChI=1S/C14H17NO4S3/c1-3-15(11-12-7-6-10-20-12)22(18,19)14-9-5-4-8-13(14)21(2,16)17/h4-10H,3,11H2,1-2H3. The summed E-state index contributed by atoms with van der Waals surface area (Å²) in [6, 6.07) is 9.41. The van der Waals surface area contributed by atoms with E-state index < -0.39 is 19.9 Å². The molecule has 0 radical (unpaired) electrons. The summed E-state index contributed by atoms with van der Waals surface area (Å²) in [5.74, 6) is 0. The molecule has 0 aliphatic carbocycles. The molecule has 0 saturated carbocycles. The molecular weight excluding hydrogens is 342 g/mol. The zero-order chi connectivity index (χ0) is 16.4. The van der Waals surface area contributed by atoms with Crippen molar-refractivity contribution in [2.24, 2.45) is 0 Å². The summed E-state index contributed by atoms with van der Waals surface area (Å²) in [5.41, 5.74) is 0. The highest BCUT2D eigenvalue weighted by molar-refractivity contribution is 7.93. The number of sulfone groups is 1. The molecule has 2 aromatic rings. The predicted molar refractivity (Wildman–Crippen MR) is 87.1 cm³/mol. The highest BCUT2D eigenvalue weighted by Crippen LogP contribution is 2.25. The maximum atomic E-state index is 12.8. The minimum atomic E-state index is -3.88. The third-order valence-corrected chi connectivity index (χ3v) is 7.26. The first kappa shape index (κ1) is 17.1. The lowest BCUT2D eigenvalue weighted by Gasteiger charge is -2.21. The van der Waals surface area contributed by atoms with Crippen molar-refractivity contribution in [3.63, 3.8) is 0 Å². The lowest BCUT2D eigenvalue weighted by atomic mass is 10.4. The number of nitrogens with zero attached hydrogens (tertiary/aromatic N) is 1. The molecule has 5 nitrogen and oxygen atoms in total. The number of rotatable bonds is 6. The van der Waals surface area contributed by atoms with Crippen LogP contribution in [0.3, 0.4) is 0 Å². The summed E-state index contributed by atoms with van der Waals surface area (Å²) < 4.78 is 50.6. The van der Waals surface area contributed by atoms with Gasteiger partial charge in [-0.25, -0.2) is 16.8 Å². The van der Waals surface area contributed by atoms with Crippen molar-refractivity contribution in [1.82, 2.24) is 4.31 Å². The molecule has 1 aromatic heterocycles. The van der Waals surface area contributed by atoms with Gasteiger partial charge in [0.05, 0.1) is 4.90 Å². The van der Waals surface area contributed by atoms with E-state index in [9.17, 15) is 16.8 Å². The summed E-state index contributed by atoms with van der Waals surface area (Å²) in [4.78, 5) is 0.567. The molecule has 120 valence electrons. The second-order valence-corrected chi connectivity index (χ2v) is 9.65. The SMILES string of the molecule is CCN(Cc1cccs1)S(=O)(=O)c1ccccc1S(C)(=O)=O. The van der Waals surface area contributed by atoms with Crippen LogP contribution in [0.25, 0.3) is 0 Å². The van der Waals surface area contributed by atoms with Crippen LogP contribution in [0, 0.1) is 0 Å². The minimum Gasteiger partial charge on any atom is -0.224 e. The lowest BCUT2D eigenvalue weighted by Crippen LogP contribution is -2.31. The zero-order valence-electron chi connectivity index (χ0n) is 12.3. The van der Waals surface area contributed by atoms with E-state index in [4.69, 9.17) is 0 Å². The zero-order valence-corrected chi connectivity index (χ0v) is 14.7. The van der Waals surface area contributed by atoms with Crippen LogP contribution in [0.1, 0.15) is 11.8 Å². The van der Waals surface area contributed by atoms with Gasteiger partial charge in [0, 0.05) is 24.2 Å². The van der Waals surface area contributed by atoms with Gasteiger partial charge < -0.3 is 0 Å². The highest BCUT2D eigenvalue weighted by Gasteiger charge is 2.29. The van der Waals surface area contributed by atoms with Gasteiger partial charge in [0.2, 0.25) is 10.0 Å². The summed E-state index contributed by atoms with van der Waals surface area (Å²) in [6.07, 6.45) is 1.01. The van der Waals surface area contributed by atoms with Crippen molar-refractivity contribution in [2.75, 3.05) is 12.8 Å². The molecule has 8 heteroatoms. The average Bonchev–Trinajstić information content (AvgIpc) is 2.96. The van der Waals surface area contributed by atoms with Gasteiger partial charge in [-0.1, -0.05) is 25.1 Å². The maximum absolute atomic E-state index is 12.8. The average molecular weight is 359 g/mol. The van der Waals surface area contributed by atoms with Crippen LogP contribution in [0.15, 0.2) is 51.6 Å². The minimum absolute atomic E-state index is 0.167. The molecule has 0 atom stereocenters. The largest absolute Gasteiger partial charge is 0.244 e. The molecule has 2 rings (SSSR count). The lowest BCUT2D eigenvalue weighted by molar-refractivity contribution is 0.424. The van der Waals surface area contributed by atoms with E-state index in [1.54, 1.807) is 6.92 Å². The first-order valence-electron chi connectivity index (χ1n) is 6.58. The van der Waals surface area contributed by atoms with Crippen LogP contribution in [-0.4, -0.2) is 33.9 Å². The van der Waals surface area contributed by atoms with Gasteiger partial charge in [0.1, 0.15) is 4.90 Å². The first-order valence-corrected chi connectivity index (χ1v) is 10.8. The number of sulfonamides is 1. The Bertz CT molecular complexity index is 840. The van der Waals surface area contributed by atoms with E-state index in [0.29, 0.717) is 0 Å². The molecule has 0 bridgehead atoms. The molecule has 0 N–H and O–H groups in total. The van der Waals surface area contributed by atoms with E-state index in [0.717, 1.165) is 11.1 Å². The second kappa shape index (κ2) is 6.49. The summed E-state index contributed by atoms with van der Waals surface area (Å²) in [6.45, 7) is 2.22. The molecule has 22 heavy (non-hydrogen) atoms. The molecule has 1 aromatic carbocycles. The second-order valence-electron chi connectivity index (χ2n) is 4.73. The number of hydrogen-bond acceptors (Lipinski definition) is 5. The molecule has 0 aliphatic heterocycles. The number of benzene rings is 1. The van der Waals surface area contributed by atoms with Gasteiger partial charge in [-0.3, -0.25) is 0 Å². The van der Waals surface area contributed by atoms with Gasteiger partial charge in [0.25, 0.3) is 0 Å². The maximum Gasteiger partial charge on any atom is 0.244 e. The Morgan fingerprint density at radius 3 is 2.14 bits per heavy atom. The fourth-order valence-electron chi connectivity index (χ4n) is 2.05. The molecule has 0 fully saturated rings. The van der Waals surface area contributed by atoms with E-state index in [2.05, 4.69) is 0 Å². The normalized spacial score (nSPS) is 12.7. The van der Waals surface area contributed by atoms with Crippen molar-refractivity contribution in [1.29, 1.82) is 0 Å². The van der Waals surface area contributed by atoms with Crippen molar-refractivity contribution in [2.45, 2.75) is 23.3 Å². The Morgan fingerprint density at radius 1 is 1.00 bits per heavy atom. The van der Waals surface area contributed by atoms with Gasteiger partial charge in [0.15, 0.2) is 9.84 Å². The van der Waals surface area contributed by atoms with E-state index >= 15 is 0 Å². The molecule has 0 unspecified atom stereocenters. The third kappa shape index (κ3) is 3.57. The van der Waals surface area contributed by atoms with Crippen molar-refractivity contribution in [3.05, 3.63) is 46.7 Å². The Morgan fingerprint density at radius 2 is 1.64 bits per heavy atom. The summed E-state index contributed by atoms with van der Waals surface area (Å²) in [7, 11) is -7.50. The monoisotopic (exact) mass is 359 g/mol. The van der Waals surface area contributed by atoms with Crippen LogP contribution in [0.4, 0.5) is 0 Å². The van der Waals surface area contributed by atoms with Gasteiger partial charge >= 0.3 is 0 Å². The van der Waals surface area contributed by atoms with E-state index in [1.165, 1.54) is 39.9 Å². The Balaban J connectivity index is 2.50. The fraction of sp³-hybridized carbons (Fsp3) is 0.286. The highest BCUT2D eigenvalue weighted by atomic mass is 32.2. The summed E-state index contributed by atoms with van der Waals surface area (Å²) in [5, 5.41) is 1.88. The van der Waals surface area contributed by atoms with Crippen LogP contribution < -0.4 is 0 Å². The van der Waals surface area contributed by atoms with Crippen molar-refractivity contribution < 1.29 is 16.8 Å².